The SMILES string of the molecule is COC(COC(=O)C1=C(C)NC(C)=C(C(=O)O)C1c1cccc(-c2nnco2)c1)C(C)C. The Labute approximate surface area is 186 Å². The molecule has 0 saturated carbocycles. The van der Waals surface area contributed by atoms with E-state index in [4.69, 9.17) is 13.9 Å². The van der Waals surface area contributed by atoms with Crippen LogP contribution in [-0.2, 0) is 19.1 Å². The average Bonchev–Trinajstić information content (AvgIpc) is 3.28. The molecular weight excluding hydrogens is 414 g/mol. The van der Waals surface area contributed by atoms with Gasteiger partial charge in [-0.3, -0.25) is 0 Å². The minimum atomic E-state index is -1.13. The molecule has 0 bridgehead atoms. The van der Waals surface area contributed by atoms with E-state index in [0.717, 1.165) is 0 Å². The molecule has 2 heterocycles. The third-order valence-electron chi connectivity index (χ3n) is 5.46. The molecule has 0 radical (unpaired) electrons. The van der Waals surface area contributed by atoms with Gasteiger partial charge in [0.1, 0.15) is 6.61 Å². The van der Waals surface area contributed by atoms with Gasteiger partial charge in [-0.1, -0.05) is 26.0 Å². The number of nitrogens with one attached hydrogen (secondary N) is 1. The number of carboxylic acids is 1. The maximum atomic E-state index is 13.2. The van der Waals surface area contributed by atoms with E-state index >= 15 is 0 Å². The number of rotatable bonds is 8. The number of aromatic nitrogens is 2. The predicted octanol–water partition coefficient (Wildman–Crippen LogP) is 3.27. The fraction of sp³-hybridized carbons (Fsp3) is 0.391. The van der Waals surface area contributed by atoms with Crippen LogP contribution in [0.3, 0.4) is 0 Å². The molecular formula is C23H27N3O6. The van der Waals surface area contributed by atoms with Gasteiger partial charge in [-0.25, -0.2) is 9.59 Å². The van der Waals surface area contributed by atoms with Crippen LogP contribution in [0.25, 0.3) is 11.5 Å². The lowest BCUT2D eigenvalue weighted by atomic mass is 9.80. The zero-order chi connectivity index (χ0) is 23.4. The lowest BCUT2D eigenvalue weighted by Gasteiger charge is -2.30. The number of allylic oxidation sites excluding steroid dienone is 2. The van der Waals surface area contributed by atoms with Gasteiger partial charge in [0.25, 0.3) is 0 Å². The first kappa shape index (κ1) is 23.2. The maximum Gasteiger partial charge on any atom is 0.336 e. The first-order chi connectivity index (χ1) is 15.2. The van der Waals surface area contributed by atoms with Crippen molar-refractivity contribution in [3.05, 3.63) is 58.8 Å². The summed E-state index contributed by atoms with van der Waals surface area (Å²) in [5.41, 5.74) is 2.50. The lowest BCUT2D eigenvalue weighted by molar-refractivity contribution is -0.144. The Kier molecular flexibility index (Phi) is 7.09. The molecule has 9 nitrogen and oxygen atoms in total. The normalized spacial score (nSPS) is 17.4. The summed E-state index contributed by atoms with van der Waals surface area (Å²) < 4.78 is 16.2. The van der Waals surface area contributed by atoms with E-state index in [2.05, 4.69) is 15.5 Å². The van der Waals surface area contributed by atoms with E-state index in [1.165, 1.54) is 6.39 Å². The van der Waals surface area contributed by atoms with Gasteiger partial charge in [-0.2, -0.15) is 0 Å². The van der Waals surface area contributed by atoms with Gasteiger partial charge in [-0.15, -0.1) is 10.2 Å². The quantitative estimate of drug-likeness (QED) is 0.594. The first-order valence-corrected chi connectivity index (χ1v) is 10.2. The number of hydrogen-bond acceptors (Lipinski definition) is 8. The van der Waals surface area contributed by atoms with Crippen LogP contribution < -0.4 is 5.32 Å². The molecule has 2 unspecified atom stereocenters. The summed E-state index contributed by atoms with van der Waals surface area (Å²) in [5, 5.41) is 20.6. The highest BCUT2D eigenvalue weighted by Crippen LogP contribution is 2.39. The summed E-state index contributed by atoms with van der Waals surface area (Å²) in [6.45, 7) is 7.39. The first-order valence-electron chi connectivity index (χ1n) is 10.2. The lowest BCUT2D eigenvalue weighted by Crippen LogP contribution is -2.33. The van der Waals surface area contributed by atoms with Crippen LogP contribution in [0.2, 0.25) is 0 Å². The molecule has 1 aromatic carbocycles. The summed E-state index contributed by atoms with van der Waals surface area (Å²) in [5.74, 6) is -2.13. The van der Waals surface area contributed by atoms with Crippen molar-refractivity contribution in [2.24, 2.45) is 5.92 Å². The molecule has 2 N–H and O–H groups in total. The van der Waals surface area contributed by atoms with Gasteiger partial charge in [-0.05, 0) is 37.5 Å². The molecule has 0 spiro atoms. The van der Waals surface area contributed by atoms with Crippen LogP contribution in [0.1, 0.15) is 39.2 Å². The number of nitrogens with zero attached hydrogens (tertiary/aromatic N) is 2. The Morgan fingerprint density at radius 2 is 1.94 bits per heavy atom. The molecule has 0 amide bonds. The van der Waals surface area contributed by atoms with E-state index < -0.39 is 17.9 Å². The summed E-state index contributed by atoms with van der Waals surface area (Å²) in [6.07, 6.45) is 0.944. The highest BCUT2D eigenvalue weighted by Gasteiger charge is 2.37. The van der Waals surface area contributed by atoms with Crippen LogP contribution in [0.15, 0.2) is 57.6 Å². The number of dihydropyridines is 1. The van der Waals surface area contributed by atoms with Crippen molar-refractivity contribution in [2.45, 2.75) is 39.7 Å². The molecule has 2 atom stereocenters. The fourth-order valence-corrected chi connectivity index (χ4v) is 3.80. The minimum absolute atomic E-state index is 0.0592. The monoisotopic (exact) mass is 441 g/mol. The number of benzene rings is 1. The molecule has 170 valence electrons. The van der Waals surface area contributed by atoms with Gasteiger partial charge in [0.05, 0.1) is 23.2 Å². The van der Waals surface area contributed by atoms with Crippen LogP contribution >= 0.6 is 0 Å². The van der Waals surface area contributed by atoms with Crippen molar-refractivity contribution >= 4 is 11.9 Å². The van der Waals surface area contributed by atoms with Crippen LogP contribution in [-0.4, -0.2) is 47.1 Å². The van der Waals surface area contributed by atoms with Gasteiger partial charge >= 0.3 is 11.9 Å². The number of carboxylic acid groups (broad SMARTS) is 1. The van der Waals surface area contributed by atoms with Gasteiger partial charge < -0.3 is 24.3 Å². The second-order valence-corrected chi connectivity index (χ2v) is 7.93. The zero-order valence-corrected chi connectivity index (χ0v) is 18.7. The Balaban J connectivity index is 2.03. The molecule has 0 aliphatic carbocycles. The molecule has 1 aliphatic rings. The molecule has 9 heteroatoms. The molecule has 0 fully saturated rings. The van der Waals surface area contributed by atoms with Crippen molar-refractivity contribution < 1.29 is 28.6 Å². The zero-order valence-electron chi connectivity index (χ0n) is 18.7. The van der Waals surface area contributed by atoms with Crippen LogP contribution in [0, 0.1) is 5.92 Å². The average molecular weight is 441 g/mol. The van der Waals surface area contributed by atoms with Crippen molar-refractivity contribution in [1.82, 2.24) is 15.5 Å². The Bertz CT molecular complexity index is 1060. The molecule has 1 aliphatic heterocycles. The van der Waals surface area contributed by atoms with Crippen LogP contribution in [0.4, 0.5) is 0 Å². The smallest absolute Gasteiger partial charge is 0.336 e. The second kappa shape index (κ2) is 9.78. The molecule has 2 aromatic rings. The second-order valence-electron chi connectivity index (χ2n) is 7.93. The number of carbonyl (C=O) groups excluding carboxylic acids is 1. The Morgan fingerprint density at radius 3 is 2.53 bits per heavy atom. The summed E-state index contributed by atoms with van der Waals surface area (Å²) in [6, 6.07) is 7.03. The molecule has 0 saturated heterocycles. The highest BCUT2D eigenvalue weighted by molar-refractivity contribution is 5.99. The van der Waals surface area contributed by atoms with Crippen molar-refractivity contribution in [3.63, 3.8) is 0 Å². The topological polar surface area (TPSA) is 124 Å². The maximum absolute atomic E-state index is 13.2. The van der Waals surface area contributed by atoms with Crippen molar-refractivity contribution in [2.75, 3.05) is 13.7 Å². The largest absolute Gasteiger partial charge is 0.478 e. The highest BCUT2D eigenvalue weighted by atomic mass is 16.6. The molecule has 32 heavy (non-hydrogen) atoms. The van der Waals surface area contributed by atoms with Gasteiger partial charge in [0.2, 0.25) is 12.3 Å². The third kappa shape index (κ3) is 4.72. The van der Waals surface area contributed by atoms with E-state index in [1.807, 2.05) is 13.8 Å². The predicted molar refractivity (Wildman–Crippen MR) is 115 cm³/mol. The summed E-state index contributed by atoms with van der Waals surface area (Å²) in [4.78, 5) is 25.4. The number of hydrogen-bond donors (Lipinski definition) is 2. The van der Waals surface area contributed by atoms with E-state index in [1.54, 1.807) is 45.2 Å². The van der Waals surface area contributed by atoms with Gasteiger partial charge in [0, 0.05) is 24.1 Å². The Hall–Kier alpha value is -3.46. The third-order valence-corrected chi connectivity index (χ3v) is 5.46. The van der Waals surface area contributed by atoms with E-state index in [9.17, 15) is 14.7 Å². The molecule has 1 aromatic heterocycles. The number of methoxy groups -OCH3 is 1. The van der Waals surface area contributed by atoms with Gasteiger partial charge in [0.15, 0.2) is 0 Å². The standard InChI is InChI=1S/C23H27N3O6/c1-12(2)17(30-5)10-31-23(29)19-14(4)25-13(3)18(22(27)28)20(19)15-7-6-8-16(9-15)21-26-24-11-32-21/h6-9,11-12,17,20,25H,10H2,1-5H3,(H,27,28). The summed E-state index contributed by atoms with van der Waals surface area (Å²) >= 11 is 0. The van der Waals surface area contributed by atoms with E-state index in [0.29, 0.717) is 28.4 Å². The number of esters is 1. The van der Waals surface area contributed by atoms with Crippen LogP contribution in [0.5, 0.6) is 0 Å². The number of ether oxygens (including phenoxy) is 2. The Morgan fingerprint density at radius 1 is 1.22 bits per heavy atom. The van der Waals surface area contributed by atoms with E-state index in [-0.39, 0.29) is 29.8 Å². The van der Waals surface area contributed by atoms with Crippen molar-refractivity contribution in [3.8, 4) is 11.5 Å². The van der Waals surface area contributed by atoms with Crippen molar-refractivity contribution in [1.29, 1.82) is 0 Å². The number of carbonyl (C=O) groups is 2. The fourth-order valence-electron chi connectivity index (χ4n) is 3.80. The minimum Gasteiger partial charge on any atom is -0.478 e. The molecule has 3 rings (SSSR count). The number of aliphatic carboxylic acids is 1. The summed E-state index contributed by atoms with van der Waals surface area (Å²) in [7, 11) is 1.56.